The van der Waals surface area contributed by atoms with Gasteiger partial charge in [0.25, 0.3) is 0 Å². The molecule has 0 spiro atoms. The largest absolute Gasteiger partial charge is 0.397 e. The first-order valence-electron chi connectivity index (χ1n) is 4.56. The Morgan fingerprint density at radius 2 is 2.21 bits per heavy atom. The van der Waals surface area contributed by atoms with Crippen LogP contribution in [0.3, 0.4) is 0 Å². The summed E-state index contributed by atoms with van der Waals surface area (Å²) in [6.45, 7) is 6.06. The molecule has 0 aliphatic rings. The zero-order valence-corrected chi connectivity index (χ0v) is 9.53. The average Bonchev–Trinajstić information content (AvgIpc) is 2.49. The zero-order valence-electron chi connectivity index (χ0n) is 8.72. The lowest BCUT2D eigenvalue weighted by Gasteiger charge is -1.99. The average molecular weight is 206 g/mol. The van der Waals surface area contributed by atoms with Gasteiger partial charge < -0.3 is 5.73 Å². The second-order valence-electron chi connectivity index (χ2n) is 3.21. The third-order valence-electron chi connectivity index (χ3n) is 2.25. The van der Waals surface area contributed by atoms with Gasteiger partial charge in [0.15, 0.2) is 0 Å². The molecular formula is C11H14N2S. The Bertz CT molecular complexity index is 388. The van der Waals surface area contributed by atoms with Crippen LogP contribution >= 0.6 is 11.3 Å². The van der Waals surface area contributed by atoms with E-state index in [-0.39, 0.29) is 0 Å². The second kappa shape index (κ2) is 4.30. The Hall–Kier alpha value is -1.27. The maximum Gasteiger partial charge on any atom is 0.0969 e. The standard InChI is InChI=1S/C11H14N2S/c1-4-9(6-12)11(13)10-5-7(2)8(3)14-10/h5H,4,13H2,1-3H3. The highest BCUT2D eigenvalue weighted by molar-refractivity contribution is 7.13. The lowest BCUT2D eigenvalue weighted by atomic mass is 10.1. The summed E-state index contributed by atoms with van der Waals surface area (Å²) in [5.74, 6) is 0. The van der Waals surface area contributed by atoms with Gasteiger partial charge in [-0.05, 0) is 31.9 Å². The lowest BCUT2D eigenvalue weighted by molar-refractivity contribution is 1.15. The van der Waals surface area contributed by atoms with E-state index in [0.29, 0.717) is 17.7 Å². The summed E-state index contributed by atoms with van der Waals surface area (Å²) >= 11 is 1.65. The minimum Gasteiger partial charge on any atom is -0.397 e. The van der Waals surface area contributed by atoms with Gasteiger partial charge in [-0.1, -0.05) is 6.92 Å². The fraction of sp³-hybridized carbons (Fsp3) is 0.364. The van der Waals surface area contributed by atoms with E-state index in [9.17, 15) is 0 Å². The highest BCUT2D eigenvalue weighted by Crippen LogP contribution is 2.26. The van der Waals surface area contributed by atoms with Crippen LogP contribution in [0.15, 0.2) is 11.6 Å². The fourth-order valence-electron chi connectivity index (χ4n) is 1.18. The molecule has 0 bridgehead atoms. The molecule has 0 unspecified atom stereocenters. The van der Waals surface area contributed by atoms with Crippen LogP contribution in [-0.4, -0.2) is 0 Å². The molecular weight excluding hydrogens is 192 g/mol. The molecule has 0 atom stereocenters. The summed E-state index contributed by atoms with van der Waals surface area (Å²) in [6, 6.07) is 4.18. The molecule has 0 amide bonds. The summed E-state index contributed by atoms with van der Waals surface area (Å²) in [7, 11) is 0. The Morgan fingerprint density at radius 3 is 2.57 bits per heavy atom. The van der Waals surface area contributed by atoms with Crippen molar-refractivity contribution in [3.63, 3.8) is 0 Å². The number of aryl methyl sites for hydroxylation is 2. The molecule has 0 aliphatic heterocycles. The van der Waals surface area contributed by atoms with Crippen molar-refractivity contribution >= 4 is 17.0 Å². The van der Waals surface area contributed by atoms with Crippen LogP contribution in [-0.2, 0) is 0 Å². The molecule has 0 saturated carbocycles. The second-order valence-corrected chi connectivity index (χ2v) is 4.46. The van der Waals surface area contributed by atoms with Crippen LogP contribution in [0.5, 0.6) is 0 Å². The molecule has 14 heavy (non-hydrogen) atoms. The highest BCUT2D eigenvalue weighted by atomic mass is 32.1. The van der Waals surface area contributed by atoms with Gasteiger partial charge in [0.2, 0.25) is 0 Å². The molecule has 1 aromatic rings. The molecule has 2 nitrogen and oxygen atoms in total. The van der Waals surface area contributed by atoms with Crippen LogP contribution in [0, 0.1) is 25.2 Å². The SMILES string of the molecule is CCC(C#N)=C(N)c1cc(C)c(C)s1. The molecule has 1 rings (SSSR count). The minimum atomic E-state index is 0.635. The van der Waals surface area contributed by atoms with E-state index >= 15 is 0 Å². The Labute approximate surface area is 88.7 Å². The van der Waals surface area contributed by atoms with Crippen LogP contribution in [0.25, 0.3) is 5.70 Å². The van der Waals surface area contributed by atoms with Crippen LogP contribution in [0.4, 0.5) is 0 Å². The predicted octanol–water partition coefficient (Wildman–Crippen LogP) is 2.97. The van der Waals surface area contributed by atoms with E-state index in [0.717, 1.165) is 4.88 Å². The molecule has 0 aliphatic carbocycles. The van der Waals surface area contributed by atoms with Gasteiger partial charge in [-0.3, -0.25) is 0 Å². The van der Waals surface area contributed by atoms with Crippen LogP contribution in [0.1, 0.15) is 28.7 Å². The van der Waals surface area contributed by atoms with Crippen molar-refractivity contribution in [3.8, 4) is 6.07 Å². The first kappa shape index (κ1) is 10.8. The molecule has 0 aromatic carbocycles. The van der Waals surface area contributed by atoms with Crippen molar-refractivity contribution in [2.75, 3.05) is 0 Å². The third-order valence-corrected chi connectivity index (χ3v) is 3.43. The maximum atomic E-state index is 8.85. The topological polar surface area (TPSA) is 49.8 Å². The molecule has 0 saturated heterocycles. The van der Waals surface area contributed by atoms with Crippen molar-refractivity contribution in [2.45, 2.75) is 27.2 Å². The van der Waals surface area contributed by atoms with E-state index in [4.69, 9.17) is 11.0 Å². The van der Waals surface area contributed by atoms with E-state index < -0.39 is 0 Å². The van der Waals surface area contributed by atoms with E-state index in [1.807, 2.05) is 13.0 Å². The normalized spacial score (nSPS) is 12.1. The number of thiophene rings is 1. The number of nitriles is 1. The molecule has 74 valence electrons. The van der Waals surface area contributed by atoms with Crippen molar-refractivity contribution in [1.82, 2.24) is 0 Å². The number of rotatable bonds is 2. The molecule has 3 heteroatoms. The quantitative estimate of drug-likeness (QED) is 0.756. The van der Waals surface area contributed by atoms with Gasteiger partial charge in [0.05, 0.1) is 22.2 Å². The number of nitrogens with two attached hydrogens (primary N) is 1. The summed E-state index contributed by atoms with van der Waals surface area (Å²) in [6.07, 6.45) is 0.693. The van der Waals surface area contributed by atoms with Crippen molar-refractivity contribution in [2.24, 2.45) is 5.73 Å². The monoisotopic (exact) mass is 206 g/mol. The Balaban J connectivity index is 3.18. The van der Waals surface area contributed by atoms with E-state index in [1.165, 1.54) is 10.4 Å². The van der Waals surface area contributed by atoms with Crippen LogP contribution < -0.4 is 5.73 Å². The Morgan fingerprint density at radius 1 is 1.57 bits per heavy atom. The fourth-order valence-corrected chi connectivity index (χ4v) is 2.20. The highest BCUT2D eigenvalue weighted by Gasteiger charge is 2.07. The molecule has 2 N–H and O–H groups in total. The van der Waals surface area contributed by atoms with Crippen molar-refractivity contribution in [3.05, 3.63) is 27.0 Å². The zero-order chi connectivity index (χ0) is 10.7. The summed E-state index contributed by atoms with van der Waals surface area (Å²) in [4.78, 5) is 2.27. The third kappa shape index (κ3) is 1.97. The summed E-state index contributed by atoms with van der Waals surface area (Å²) < 4.78 is 0. The smallest absolute Gasteiger partial charge is 0.0969 e. The Kier molecular flexibility index (Phi) is 3.32. The first-order valence-corrected chi connectivity index (χ1v) is 5.38. The van der Waals surface area contributed by atoms with Gasteiger partial charge in [-0.2, -0.15) is 5.26 Å². The van der Waals surface area contributed by atoms with E-state index in [2.05, 4.69) is 19.9 Å². The molecule has 0 radical (unpaired) electrons. The van der Waals surface area contributed by atoms with Gasteiger partial charge in [0.1, 0.15) is 0 Å². The van der Waals surface area contributed by atoms with Crippen molar-refractivity contribution < 1.29 is 0 Å². The number of hydrogen-bond acceptors (Lipinski definition) is 3. The molecule has 1 heterocycles. The van der Waals surface area contributed by atoms with Crippen LogP contribution in [0.2, 0.25) is 0 Å². The van der Waals surface area contributed by atoms with Gasteiger partial charge in [-0.25, -0.2) is 0 Å². The molecule has 1 aromatic heterocycles. The number of allylic oxidation sites excluding steroid dienone is 1. The number of nitrogens with zero attached hydrogens (tertiary/aromatic N) is 1. The number of hydrogen-bond donors (Lipinski definition) is 1. The summed E-state index contributed by atoms with van der Waals surface area (Å²) in [5.41, 5.74) is 8.46. The predicted molar refractivity (Wildman–Crippen MR) is 60.8 cm³/mol. The minimum absolute atomic E-state index is 0.635. The van der Waals surface area contributed by atoms with Crippen molar-refractivity contribution in [1.29, 1.82) is 5.26 Å². The van der Waals surface area contributed by atoms with Gasteiger partial charge in [-0.15, -0.1) is 11.3 Å². The maximum absolute atomic E-state index is 8.85. The summed E-state index contributed by atoms with van der Waals surface area (Å²) in [5, 5.41) is 8.85. The van der Waals surface area contributed by atoms with E-state index in [1.54, 1.807) is 11.3 Å². The molecule has 0 fully saturated rings. The lowest BCUT2D eigenvalue weighted by Crippen LogP contribution is -1.98. The van der Waals surface area contributed by atoms with Gasteiger partial charge >= 0.3 is 0 Å². The first-order chi connectivity index (χ1) is 6.60. The van der Waals surface area contributed by atoms with Gasteiger partial charge in [0, 0.05) is 4.88 Å².